The number of amides is 1. The number of carbonyl (C=O) groups is 3. The summed E-state index contributed by atoms with van der Waals surface area (Å²) >= 11 is 6.19. The molecule has 53 heavy (non-hydrogen) atoms. The van der Waals surface area contributed by atoms with Crippen molar-refractivity contribution in [2.24, 2.45) is 50.7 Å². The molecule has 1 aromatic rings. The van der Waals surface area contributed by atoms with E-state index in [9.17, 15) is 19.5 Å². The molecular weight excluding hydrogens is 686 g/mol. The highest BCUT2D eigenvalue weighted by Crippen LogP contribution is 2.77. The maximum absolute atomic E-state index is 14.3. The van der Waals surface area contributed by atoms with Crippen molar-refractivity contribution in [3.05, 3.63) is 46.0 Å². The smallest absolute Gasteiger partial charge is 0.410 e. The van der Waals surface area contributed by atoms with Crippen LogP contribution < -0.4 is 0 Å². The number of esters is 1. The van der Waals surface area contributed by atoms with E-state index in [1.54, 1.807) is 4.90 Å². The van der Waals surface area contributed by atoms with Crippen molar-refractivity contribution in [3.8, 4) is 0 Å². The van der Waals surface area contributed by atoms with Gasteiger partial charge in [-0.15, -0.1) is 0 Å². The Hall–Kier alpha value is -2.38. The molecule has 6 rings (SSSR count). The van der Waals surface area contributed by atoms with Crippen LogP contribution in [0.2, 0.25) is 5.02 Å². The Morgan fingerprint density at radius 2 is 1.58 bits per heavy atom. The van der Waals surface area contributed by atoms with Gasteiger partial charge in [-0.05, 0) is 135 Å². The monoisotopic (exact) mass is 751 g/mol. The quantitative estimate of drug-likeness (QED) is 0.279. The summed E-state index contributed by atoms with van der Waals surface area (Å²) in [5.74, 6) is 1.15. The molecule has 0 radical (unpaired) electrons. The number of fused-ring (bicyclic) bond motifs is 7. The lowest BCUT2D eigenvalue weighted by Gasteiger charge is -2.72. The Balaban J connectivity index is 1.35. The van der Waals surface area contributed by atoms with E-state index in [4.69, 9.17) is 21.1 Å². The third kappa shape index (κ3) is 6.60. The van der Waals surface area contributed by atoms with Crippen LogP contribution >= 0.6 is 11.6 Å². The maximum Gasteiger partial charge on any atom is 0.410 e. The highest BCUT2D eigenvalue weighted by Gasteiger charge is 2.70. The minimum absolute atomic E-state index is 0.0422. The molecule has 4 saturated carbocycles. The lowest BCUT2D eigenvalue weighted by molar-refractivity contribution is -0.234. The first kappa shape index (κ1) is 40.3. The van der Waals surface area contributed by atoms with E-state index in [0.717, 1.165) is 56.1 Å². The number of aliphatic hydroxyl groups is 1. The van der Waals surface area contributed by atoms with Crippen molar-refractivity contribution in [1.82, 2.24) is 4.90 Å². The standard InChI is InChI=1S/C45H66ClNO6/c1-27(2)37-32(49)24-45(35(50)26-47(39(51)53-40(4,5)6)25-29-12-14-30(46)15-13-29)23-22-43(10)31(38(37)45)16-17-34-42(9)20-19-36(52-28(3)48)41(7,8)33(42)18-21-44(34,43)11/h12-15,27,31,33-36,50H,16-26H2,1-11H3/t31-,33-,34-,35?,36+,42+,43-,44-,45+/m1/s1. The summed E-state index contributed by atoms with van der Waals surface area (Å²) in [4.78, 5) is 41.8. The Labute approximate surface area is 324 Å². The van der Waals surface area contributed by atoms with Crippen LogP contribution in [0.15, 0.2) is 35.4 Å². The van der Waals surface area contributed by atoms with Crippen LogP contribution in [0.5, 0.6) is 0 Å². The van der Waals surface area contributed by atoms with Gasteiger partial charge < -0.3 is 19.5 Å². The summed E-state index contributed by atoms with van der Waals surface area (Å²) in [5.41, 5.74) is 1.57. The van der Waals surface area contributed by atoms with Gasteiger partial charge in [0.15, 0.2) is 5.78 Å². The summed E-state index contributed by atoms with van der Waals surface area (Å²) in [6.07, 6.45) is 6.65. The Bertz CT molecular complexity index is 1640. The minimum atomic E-state index is -0.932. The third-order valence-corrected chi connectivity index (χ3v) is 16.0. The molecule has 0 bridgehead atoms. The highest BCUT2D eigenvalue weighted by molar-refractivity contribution is 6.30. The largest absolute Gasteiger partial charge is 0.462 e. The van der Waals surface area contributed by atoms with Crippen molar-refractivity contribution in [2.45, 2.75) is 158 Å². The number of hydrogen-bond donors (Lipinski definition) is 1. The number of hydrogen-bond acceptors (Lipinski definition) is 6. The first-order valence-corrected chi connectivity index (χ1v) is 20.7. The first-order valence-electron chi connectivity index (χ1n) is 20.4. The number of Topliss-reactive ketones (excluding diaryl/α,β-unsaturated/α-hetero) is 1. The van der Waals surface area contributed by atoms with Crippen molar-refractivity contribution >= 4 is 29.4 Å². The van der Waals surface area contributed by atoms with Gasteiger partial charge in [-0.25, -0.2) is 4.79 Å². The second-order valence-electron chi connectivity index (χ2n) is 20.3. The van der Waals surface area contributed by atoms with Gasteiger partial charge in [0.25, 0.3) is 0 Å². The molecule has 0 heterocycles. The van der Waals surface area contributed by atoms with Crippen LogP contribution in [0.4, 0.5) is 4.79 Å². The molecule has 5 aliphatic rings. The lowest BCUT2D eigenvalue weighted by atomic mass is 9.33. The minimum Gasteiger partial charge on any atom is -0.462 e. The number of aliphatic hydroxyl groups excluding tert-OH is 1. The van der Waals surface area contributed by atoms with Gasteiger partial charge in [0.05, 0.1) is 12.6 Å². The third-order valence-electron chi connectivity index (χ3n) is 15.7. The fourth-order valence-corrected chi connectivity index (χ4v) is 13.3. The van der Waals surface area contributed by atoms with Crippen LogP contribution in [0, 0.1) is 50.7 Å². The Morgan fingerprint density at radius 1 is 0.925 bits per heavy atom. The fourth-order valence-electron chi connectivity index (χ4n) is 13.2. The molecule has 9 atom stereocenters. The zero-order valence-electron chi connectivity index (χ0n) is 34.4. The molecule has 294 valence electrons. The van der Waals surface area contributed by atoms with Crippen LogP contribution in [0.3, 0.4) is 0 Å². The lowest BCUT2D eigenvalue weighted by Crippen LogP contribution is -2.66. The summed E-state index contributed by atoms with van der Waals surface area (Å²) in [7, 11) is 0. The molecule has 4 fully saturated rings. The molecule has 0 saturated heterocycles. The number of ketones is 1. The van der Waals surface area contributed by atoms with E-state index in [-0.39, 0.29) is 64.4 Å². The first-order chi connectivity index (χ1) is 24.5. The van der Waals surface area contributed by atoms with Crippen molar-refractivity contribution < 1.29 is 29.0 Å². The number of allylic oxidation sites excluding steroid dienone is 1. The predicted octanol–water partition coefficient (Wildman–Crippen LogP) is 10.4. The van der Waals surface area contributed by atoms with E-state index in [0.29, 0.717) is 29.7 Å². The van der Waals surface area contributed by atoms with Gasteiger partial charge in [0.1, 0.15) is 11.7 Å². The summed E-state index contributed by atoms with van der Waals surface area (Å²) in [6, 6.07) is 7.42. The number of benzene rings is 1. The van der Waals surface area contributed by atoms with Gasteiger partial charge in [-0.1, -0.05) is 77.8 Å². The molecule has 7 nitrogen and oxygen atoms in total. The van der Waals surface area contributed by atoms with Gasteiger partial charge >= 0.3 is 12.1 Å². The van der Waals surface area contributed by atoms with Crippen molar-refractivity contribution in [1.29, 1.82) is 0 Å². The van der Waals surface area contributed by atoms with E-state index in [2.05, 4.69) is 48.5 Å². The second-order valence-corrected chi connectivity index (χ2v) is 20.8. The maximum atomic E-state index is 14.3. The Morgan fingerprint density at radius 3 is 2.19 bits per heavy atom. The SMILES string of the molecule is CC(=O)O[C@H]1CC[C@@]2(C)[C@H](CC[C@]3(C)[C@@H]2CC[C@@H]2C4=C(C(C)C)C(=O)C[C@]4(C(O)CN(Cc4ccc(Cl)cc4)C(=O)OC(C)(C)C)CC[C@]23C)C1(C)C. The van der Waals surface area contributed by atoms with E-state index >= 15 is 0 Å². The van der Waals surface area contributed by atoms with E-state index in [1.807, 2.05) is 45.0 Å². The van der Waals surface area contributed by atoms with Crippen LogP contribution in [-0.4, -0.2) is 52.2 Å². The number of rotatable bonds is 7. The highest BCUT2D eigenvalue weighted by atomic mass is 35.5. The van der Waals surface area contributed by atoms with Gasteiger partial charge in [-0.2, -0.15) is 0 Å². The molecule has 1 amide bonds. The predicted molar refractivity (Wildman–Crippen MR) is 209 cm³/mol. The van der Waals surface area contributed by atoms with Crippen LogP contribution in [0.1, 0.15) is 140 Å². The average Bonchev–Trinajstić information content (AvgIpc) is 3.36. The molecule has 1 aromatic carbocycles. The topological polar surface area (TPSA) is 93.1 Å². The molecule has 5 aliphatic carbocycles. The summed E-state index contributed by atoms with van der Waals surface area (Å²) in [5, 5.41) is 13.2. The molecule has 1 unspecified atom stereocenters. The van der Waals surface area contributed by atoms with E-state index in [1.165, 1.54) is 12.5 Å². The fraction of sp³-hybridized carbons (Fsp3) is 0.756. The van der Waals surface area contributed by atoms with Crippen LogP contribution in [-0.2, 0) is 25.6 Å². The molecule has 0 spiro atoms. The number of carbonyl (C=O) groups excluding carboxylic acids is 3. The average molecular weight is 752 g/mol. The van der Waals surface area contributed by atoms with Crippen molar-refractivity contribution in [3.63, 3.8) is 0 Å². The summed E-state index contributed by atoms with van der Waals surface area (Å²) in [6.45, 7) is 23.9. The van der Waals surface area contributed by atoms with Gasteiger partial charge in [0, 0.05) is 35.7 Å². The van der Waals surface area contributed by atoms with Gasteiger partial charge in [0.2, 0.25) is 0 Å². The normalized spacial score (nSPS) is 36.9. The Kier molecular flexibility index (Phi) is 10.4. The van der Waals surface area contributed by atoms with Crippen LogP contribution in [0.25, 0.3) is 0 Å². The van der Waals surface area contributed by atoms with E-state index < -0.39 is 23.2 Å². The molecule has 0 aliphatic heterocycles. The molecular formula is C45H66ClNO6. The molecule has 1 N–H and O–H groups in total. The zero-order valence-corrected chi connectivity index (χ0v) is 35.1. The van der Waals surface area contributed by atoms with Crippen molar-refractivity contribution in [2.75, 3.05) is 6.54 Å². The second kappa shape index (κ2) is 13.7. The van der Waals surface area contributed by atoms with Gasteiger partial charge in [-0.3, -0.25) is 9.59 Å². The molecule has 8 heteroatoms. The molecule has 0 aromatic heterocycles. The number of nitrogens with zero attached hydrogens (tertiary/aromatic N) is 1. The number of halogens is 1. The summed E-state index contributed by atoms with van der Waals surface area (Å²) < 4.78 is 11.8. The zero-order chi connectivity index (χ0) is 39.1. The number of ether oxygens (including phenoxy) is 2.